The number of benzene rings is 2. The second-order valence-electron chi connectivity index (χ2n) is 12.3. The van der Waals surface area contributed by atoms with E-state index in [9.17, 15) is 23.8 Å². The molecule has 5 rings (SSSR count). The van der Waals surface area contributed by atoms with Gasteiger partial charge in [-0.3, -0.25) is 14.2 Å². The molecule has 1 aromatic heterocycles. The van der Waals surface area contributed by atoms with E-state index >= 15 is 0 Å². The molecule has 3 atom stereocenters. The molecule has 0 bridgehead atoms. The number of piperazine rings is 1. The summed E-state index contributed by atoms with van der Waals surface area (Å²) < 4.78 is 29.7. The number of carbonyl (C=O) groups is 3. The second kappa shape index (κ2) is 17.5. The smallest absolute Gasteiger partial charge is 0.409 e. The van der Waals surface area contributed by atoms with Crippen molar-refractivity contribution >= 4 is 31.3 Å². The number of unbranched alkanes of at least 4 members (excludes halogenated alkanes) is 1. The lowest BCUT2D eigenvalue weighted by Crippen LogP contribution is -2.56. The van der Waals surface area contributed by atoms with Crippen LogP contribution in [-0.2, 0) is 30.0 Å². The van der Waals surface area contributed by atoms with Gasteiger partial charge in [0.2, 0.25) is 5.91 Å². The standard InChI is InChI=1S/C35H45N6O8P/c1-3-4-21-48-35(44)40-19-17-39(18-20-40)34(43)30(25-50(45,46)49-24-26-11-7-5-8-12-26)37-33(42)29-22-31(41-16-15-28(23-41)47-2)38-32(36-29)27-13-9-6-10-14-27/h5-14,22,28,30H,3-4,15-21,23-25H2,1-2H3,(H,37,42)(H,45,46)/t28-,30-/m0/s1. The minimum Gasteiger partial charge on any atom is -0.449 e. The van der Waals surface area contributed by atoms with Crippen molar-refractivity contribution in [1.82, 2.24) is 25.1 Å². The Labute approximate surface area is 292 Å². The Hall–Kier alpha value is -4.36. The number of amides is 3. The number of carbonyl (C=O) groups excluding carboxylic acids is 3. The summed E-state index contributed by atoms with van der Waals surface area (Å²) in [6.45, 7) is 4.14. The van der Waals surface area contributed by atoms with E-state index in [0.717, 1.165) is 19.3 Å². The molecular formula is C35H45N6O8P. The Kier molecular flexibility index (Phi) is 12.9. The molecule has 14 nitrogen and oxygen atoms in total. The molecule has 2 aliphatic rings. The third-order valence-corrected chi connectivity index (χ3v) is 10.0. The molecule has 0 radical (unpaired) electrons. The molecule has 2 fully saturated rings. The van der Waals surface area contributed by atoms with Crippen molar-refractivity contribution in [3.05, 3.63) is 78.0 Å². The third kappa shape index (κ3) is 10.1. The number of nitrogens with zero attached hydrogens (tertiary/aromatic N) is 5. The summed E-state index contributed by atoms with van der Waals surface area (Å²) in [7, 11) is -2.75. The maximum Gasteiger partial charge on any atom is 0.409 e. The number of nitrogens with one attached hydrogen (secondary N) is 1. The topological polar surface area (TPSA) is 164 Å². The minimum absolute atomic E-state index is 0.00913. The van der Waals surface area contributed by atoms with Gasteiger partial charge in [-0.2, -0.15) is 0 Å². The van der Waals surface area contributed by atoms with E-state index in [4.69, 9.17) is 19.0 Å². The molecule has 1 unspecified atom stereocenters. The van der Waals surface area contributed by atoms with Crippen molar-refractivity contribution in [2.24, 2.45) is 0 Å². The van der Waals surface area contributed by atoms with E-state index < -0.39 is 37.7 Å². The number of hydrogen-bond donors (Lipinski definition) is 2. The van der Waals surface area contributed by atoms with Gasteiger partial charge < -0.3 is 38.9 Å². The molecule has 50 heavy (non-hydrogen) atoms. The highest BCUT2D eigenvalue weighted by molar-refractivity contribution is 7.52. The fraction of sp³-hybridized carbons (Fsp3) is 0.457. The summed E-state index contributed by atoms with van der Waals surface area (Å²) in [5.41, 5.74) is 1.36. The van der Waals surface area contributed by atoms with Gasteiger partial charge >= 0.3 is 13.7 Å². The zero-order chi connectivity index (χ0) is 35.5. The largest absolute Gasteiger partial charge is 0.449 e. The molecule has 2 aromatic carbocycles. The number of ether oxygens (including phenoxy) is 2. The first kappa shape index (κ1) is 36.9. The van der Waals surface area contributed by atoms with Gasteiger partial charge in [-0.05, 0) is 18.4 Å². The van der Waals surface area contributed by atoms with Gasteiger partial charge in [0.25, 0.3) is 5.91 Å². The van der Waals surface area contributed by atoms with Crippen LogP contribution >= 0.6 is 7.60 Å². The molecule has 2 N–H and O–H groups in total. The first-order chi connectivity index (χ1) is 24.2. The Morgan fingerprint density at radius 3 is 2.32 bits per heavy atom. The number of methoxy groups -OCH3 is 1. The fourth-order valence-corrected chi connectivity index (χ4v) is 6.90. The highest BCUT2D eigenvalue weighted by atomic mass is 31.2. The van der Waals surface area contributed by atoms with Crippen LogP contribution in [0.1, 0.15) is 42.2 Å². The monoisotopic (exact) mass is 708 g/mol. The highest BCUT2D eigenvalue weighted by Gasteiger charge is 2.36. The molecule has 2 saturated heterocycles. The van der Waals surface area contributed by atoms with E-state index in [1.54, 1.807) is 37.4 Å². The summed E-state index contributed by atoms with van der Waals surface area (Å²) in [5, 5.41) is 2.69. The number of aromatic nitrogens is 2. The summed E-state index contributed by atoms with van der Waals surface area (Å²) in [5.74, 6) is -0.451. The summed E-state index contributed by atoms with van der Waals surface area (Å²) in [6, 6.07) is 18.2. The fourth-order valence-electron chi connectivity index (χ4n) is 5.73. The molecule has 3 heterocycles. The van der Waals surface area contributed by atoms with Gasteiger partial charge in [-0.15, -0.1) is 0 Å². The van der Waals surface area contributed by atoms with Gasteiger partial charge in [-0.25, -0.2) is 14.8 Å². The van der Waals surface area contributed by atoms with E-state index in [2.05, 4.69) is 10.3 Å². The second-order valence-corrected chi connectivity index (χ2v) is 14.2. The van der Waals surface area contributed by atoms with Crippen molar-refractivity contribution in [2.45, 2.75) is 44.9 Å². The molecule has 0 aliphatic carbocycles. The van der Waals surface area contributed by atoms with Crippen molar-refractivity contribution < 1.29 is 37.8 Å². The van der Waals surface area contributed by atoms with Crippen LogP contribution in [0.5, 0.6) is 0 Å². The maximum atomic E-state index is 14.0. The van der Waals surface area contributed by atoms with Crippen molar-refractivity contribution in [1.29, 1.82) is 0 Å². The quantitative estimate of drug-likeness (QED) is 0.184. The van der Waals surface area contributed by atoms with Gasteiger partial charge in [0.15, 0.2) is 5.82 Å². The number of rotatable bonds is 14. The lowest BCUT2D eigenvalue weighted by atomic mass is 10.2. The molecular weight excluding hydrogens is 663 g/mol. The first-order valence-electron chi connectivity index (χ1n) is 16.9. The molecule has 0 saturated carbocycles. The van der Waals surface area contributed by atoms with E-state index in [0.29, 0.717) is 42.5 Å². The molecule has 2 aliphatic heterocycles. The lowest BCUT2D eigenvalue weighted by Gasteiger charge is -2.36. The van der Waals surface area contributed by atoms with Crippen molar-refractivity contribution in [3.8, 4) is 11.4 Å². The minimum atomic E-state index is -4.41. The predicted octanol–water partition coefficient (Wildman–Crippen LogP) is 3.95. The Bertz CT molecular complexity index is 1640. The van der Waals surface area contributed by atoms with Crippen LogP contribution in [-0.4, -0.2) is 114 Å². The SMILES string of the molecule is CCCCOC(=O)N1CCN(C(=O)[C@H](CP(=O)(O)OCc2ccccc2)NC(=O)c2cc(N3CC[C@H](OC)C3)nc(-c3ccccc3)n2)CC1. The van der Waals surface area contributed by atoms with E-state index in [1.807, 2.05) is 48.2 Å². The zero-order valence-electron chi connectivity index (χ0n) is 28.5. The van der Waals surface area contributed by atoms with Crippen LogP contribution in [0.4, 0.5) is 10.6 Å². The van der Waals surface area contributed by atoms with Crippen LogP contribution in [0.25, 0.3) is 11.4 Å². The van der Waals surface area contributed by atoms with Gasteiger partial charge in [0, 0.05) is 58.0 Å². The average molecular weight is 709 g/mol. The van der Waals surface area contributed by atoms with Crippen LogP contribution < -0.4 is 10.2 Å². The van der Waals surface area contributed by atoms with Gasteiger partial charge in [0.05, 0.1) is 25.5 Å². The number of anilines is 1. The summed E-state index contributed by atoms with van der Waals surface area (Å²) in [4.78, 5) is 65.6. The summed E-state index contributed by atoms with van der Waals surface area (Å²) >= 11 is 0. The van der Waals surface area contributed by atoms with Crippen LogP contribution in [0.2, 0.25) is 0 Å². The molecule has 15 heteroatoms. The first-order valence-corrected chi connectivity index (χ1v) is 18.7. The Balaban J connectivity index is 1.37. The van der Waals surface area contributed by atoms with Crippen molar-refractivity contribution in [2.75, 3.05) is 64.0 Å². The van der Waals surface area contributed by atoms with Gasteiger partial charge in [0.1, 0.15) is 17.6 Å². The summed E-state index contributed by atoms with van der Waals surface area (Å²) in [6.07, 6.45) is 1.33. The van der Waals surface area contributed by atoms with Crippen LogP contribution in [0.15, 0.2) is 66.7 Å². The zero-order valence-corrected chi connectivity index (χ0v) is 29.4. The normalized spacial score (nSPS) is 18.0. The predicted molar refractivity (Wildman–Crippen MR) is 187 cm³/mol. The van der Waals surface area contributed by atoms with E-state index in [1.165, 1.54) is 9.80 Å². The van der Waals surface area contributed by atoms with Crippen molar-refractivity contribution in [3.63, 3.8) is 0 Å². The number of hydrogen-bond acceptors (Lipinski definition) is 10. The van der Waals surface area contributed by atoms with E-state index in [-0.39, 0.29) is 44.6 Å². The molecule has 268 valence electrons. The molecule has 3 amide bonds. The average Bonchev–Trinajstić information content (AvgIpc) is 3.64. The highest BCUT2D eigenvalue weighted by Crippen LogP contribution is 2.43. The lowest BCUT2D eigenvalue weighted by molar-refractivity contribution is -0.134. The Morgan fingerprint density at radius 1 is 0.980 bits per heavy atom. The maximum absolute atomic E-state index is 14.0. The third-order valence-electron chi connectivity index (χ3n) is 8.65. The van der Waals surface area contributed by atoms with Crippen LogP contribution in [0.3, 0.4) is 0 Å². The Morgan fingerprint density at radius 2 is 1.66 bits per heavy atom. The van der Waals surface area contributed by atoms with Gasteiger partial charge in [-0.1, -0.05) is 74.0 Å². The molecule has 0 spiro atoms. The molecule has 3 aromatic rings. The van der Waals surface area contributed by atoms with Crippen LogP contribution in [0, 0.1) is 0 Å².